The van der Waals surface area contributed by atoms with Gasteiger partial charge in [0, 0.05) is 5.56 Å². The molecule has 1 unspecified atom stereocenters. The minimum absolute atomic E-state index is 0.0574. The molecule has 1 aliphatic heterocycles. The van der Waals surface area contributed by atoms with Gasteiger partial charge >= 0.3 is 0 Å². The second-order valence-corrected chi connectivity index (χ2v) is 5.17. The SMILES string of the molecule is CC1(C)Oc2ccccc2C1Nc1cccc(F)n1. The highest BCUT2D eigenvalue weighted by molar-refractivity contribution is 5.48. The zero-order valence-corrected chi connectivity index (χ0v) is 10.9. The molecule has 0 bridgehead atoms. The highest BCUT2D eigenvalue weighted by atomic mass is 19.1. The summed E-state index contributed by atoms with van der Waals surface area (Å²) in [6.45, 7) is 4.01. The molecule has 1 aromatic carbocycles. The fourth-order valence-electron chi connectivity index (χ4n) is 2.42. The molecule has 0 fully saturated rings. The van der Waals surface area contributed by atoms with Crippen LogP contribution in [0.15, 0.2) is 42.5 Å². The molecule has 2 heterocycles. The van der Waals surface area contributed by atoms with Crippen molar-refractivity contribution >= 4 is 5.82 Å². The van der Waals surface area contributed by atoms with Crippen molar-refractivity contribution < 1.29 is 9.13 Å². The molecule has 0 aliphatic carbocycles. The molecule has 0 saturated carbocycles. The third kappa shape index (κ3) is 2.14. The summed E-state index contributed by atoms with van der Waals surface area (Å²) in [5.74, 6) is 0.884. The van der Waals surface area contributed by atoms with Gasteiger partial charge in [0.05, 0.1) is 6.04 Å². The lowest BCUT2D eigenvalue weighted by molar-refractivity contribution is 0.118. The molecule has 0 saturated heterocycles. The normalized spacial score (nSPS) is 19.6. The minimum Gasteiger partial charge on any atom is -0.485 e. The van der Waals surface area contributed by atoms with Gasteiger partial charge in [0.1, 0.15) is 17.2 Å². The summed E-state index contributed by atoms with van der Waals surface area (Å²) in [6, 6.07) is 12.5. The number of ether oxygens (including phenoxy) is 1. The maximum absolute atomic E-state index is 13.1. The van der Waals surface area contributed by atoms with Crippen molar-refractivity contribution in [2.75, 3.05) is 5.32 Å². The Morgan fingerprint density at radius 1 is 1.16 bits per heavy atom. The highest BCUT2D eigenvalue weighted by Gasteiger charge is 2.41. The number of para-hydroxylation sites is 1. The summed E-state index contributed by atoms with van der Waals surface area (Å²) in [5.41, 5.74) is 0.663. The Morgan fingerprint density at radius 2 is 1.95 bits per heavy atom. The summed E-state index contributed by atoms with van der Waals surface area (Å²) < 4.78 is 19.1. The average molecular weight is 258 g/mol. The molecule has 0 radical (unpaired) electrons. The van der Waals surface area contributed by atoms with Crippen LogP contribution in [-0.2, 0) is 0 Å². The first kappa shape index (κ1) is 12.0. The lowest BCUT2D eigenvalue weighted by Gasteiger charge is -2.27. The first-order valence-corrected chi connectivity index (χ1v) is 6.23. The molecule has 1 atom stereocenters. The fraction of sp³-hybridized carbons (Fsp3) is 0.267. The number of nitrogens with zero attached hydrogens (tertiary/aromatic N) is 1. The van der Waals surface area contributed by atoms with Crippen LogP contribution < -0.4 is 10.1 Å². The van der Waals surface area contributed by atoms with Crippen LogP contribution in [0.5, 0.6) is 5.75 Å². The molecule has 0 spiro atoms. The lowest BCUT2D eigenvalue weighted by Crippen LogP contribution is -2.35. The number of nitrogens with one attached hydrogen (secondary N) is 1. The summed E-state index contributed by atoms with van der Waals surface area (Å²) in [7, 11) is 0. The van der Waals surface area contributed by atoms with Gasteiger partial charge in [-0.05, 0) is 32.0 Å². The molecule has 98 valence electrons. The van der Waals surface area contributed by atoms with E-state index < -0.39 is 11.5 Å². The highest BCUT2D eigenvalue weighted by Crippen LogP contribution is 2.44. The summed E-state index contributed by atoms with van der Waals surface area (Å²) >= 11 is 0. The van der Waals surface area contributed by atoms with Crippen LogP contribution in [0.4, 0.5) is 10.2 Å². The predicted molar refractivity (Wildman–Crippen MR) is 71.7 cm³/mol. The van der Waals surface area contributed by atoms with Gasteiger partial charge in [-0.3, -0.25) is 0 Å². The van der Waals surface area contributed by atoms with E-state index >= 15 is 0 Å². The van der Waals surface area contributed by atoms with Gasteiger partial charge in [0.15, 0.2) is 0 Å². The summed E-state index contributed by atoms with van der Waals surface area (Å²) in [4.78, 5) is 3.84. The molecule has 3 rings (SSSR count). The van der Waals surface area contributed by atoms with E-state index in [9.17, 15) is 4.39 Å². The maximum Gasteiger partial charge on any atom is 0.214 e. The number of halogens is 1. The topological polar surface area (TPSA) is 34.1 Å². The standard InChI is InChI=1S/C15H15FN2O/c1-15(2)14(10-6-3-4-7-11(10)19-15)18-13-9-5-8-12(16)17-13/h3-9,14H,1-2H3,(H,17,18). The summed E-state index contributed by atoms with van der Waals surface area (Å²) in [5, 5.41) is 3.25. The van der Waals surface area contributed by atoms with Crippen LogP contribution in [0.1, 0.15) is 25.5 Å². The number of hydrogen-bond donors (Lipinski definition) is 1. The third-order valence-corrected chi connectivity index (χ3v) is 3.31. The van der Waals surface area contributed by atoms with Crippen molar-refractivity contribution in [3.8, 4) is 5.75 Å². The van der Waals surface area contributed by atoms with E-state index in [0.717, 1.165) is 11.3 Å². The molecule has 1 N–H and O–H groups in total. The third-order valence-electron chi connectivity index (χ3n) is 3.31. The van der Waals surface area contributed by atoms with Crippen LogP contribution in [-0.4, -0.2) is 10.6 Å². The van der Waals surface area contributed by atoms with E-state index in [2.05, 4.69) is 10.3 Å². The Morgan fingerprint density at radius 3 is 2.74 bits per heavy atom. The van der Waals surface area contributed by atoms with Crippen molar-refractivity contribution in [3.63, 3.8) is 0 Å². The largest absolute Gasteiger partial charge is 0.485 e. The number of fused-ring (bicyclic) bond motifs is 1. The molecule has 1 aliphatic rings. The van der Waals surface area contributed by atoms with Crippen molar-refractivity contribution in [1.29, 1.82) is 0 Å². The molecule has 1 aromatic heterocycles. The summed E-state index contributed by atoms with van der Waals surface area (Å²) in [6.07, 6.45) is 0. The van der Waals surface area contributed by atoms with Crippen LogP contribution in [0.25, 0.3) is 0 Å². The van der Waals surface area contributed by atoms with Crippen LogP contribution in [0.2, 0.25) is 0 Å². The van der Waals surface area contributed by atoms with Crippen molar-refractivity contribution in [3.05, 3.63) is 54.0 Å². The zero-order chi connectivity index (χ0) is 13.5. The van der Waals surface area contributed by atoms with Crippen LogP contribution >= 0.6 is 0 Å². The van der Waals surface area contributed by atoms with Crippen LogP contribution in [0, 0.1) is 5.95 Å². The predicted octanol–water partition coefficient (Wildman–Crippen LogP) is 3.54. The Hall–Kier alpha value is -2.10. The number of pyridine rings is 1. The van der Waals surface area contributed by atoms with Gasteiger partial charge in [0.2, 0.25) is 5.95 Å². The Bertz CT molecular complexity index is 613. The monoisotopic (exact) mass is 258 g/mol. The second-order valence-electron chi connectivity index (χ2n) is 5.17. The maximum atomic E-state index is 13.1. The Kier molecular flexibility index (Phi) is 2.66. The van der Waals surface area contributed by atoms with E-state index in [4.69, 9.17) is 4.74 Å². The Labute approximate surface area is 111 Å². The molecular formula is C15H15FN2O. The van der Waals surface area contributed by atoms with Gasteiger partial charge in [0.25, 0.3) is 0 Å². The van der Waals surface area contributed by atoms with E-state index in [0.29, 0.717) is 5.82 Å². The van der Waals surface area contributed by atoms with E-state index in [1.807, 2.05) is 38.1 Å². The molecule has 19 heavy (non-hydrogen) atoms. The van der Waals surface area contributed by atoms with Crippen LogP contribution in [0.3, 0.4) is 0 Å². The quantitative estimate of drug-likeness (QED) is 0.836. The molecule has 3 nitrogen and oxygen atoms in total. The first-order valence-electron chi connectivity index (χ1n) is 6.23. The number of rotatable bonds is 2. The smallest absolute Gasteiger partial charge is 0.214 e. The molecule has 4 heteroatoms. The number of aromatic nitrogens is 1. The van der Waals surface area contributed by atoms with Crippen molar-refractivity contribution in [1.82, 2.24) is 4.98 Å². The molecule has 2 aromatic rings. The van der Waals surface area contributed by atoms with Gasteiger partial charge < -0.3 is 10.1 Å². The second kappa shape index (κ2) is 4.23. The average Bonchev–Trinajstić information content (AvgIpc) is 2.61. The minimum atomic E-state index is -0.491. The number of anilines is 1. The number of benzene rings is 1. The van der Waals surface area contributed by atoms with E-state index in [1.165, 1.54) is 6.07 Å². The molecule has 0 amide bonds. The molecular weight excluding hydrogens is 243 g/mol. The first-order chi connectivity index (χ1) is 9.06. The number of hydrogen-bond acceptors (Lipinski definition) is 3. The fourth-order valence-corrected chi connectivity index (χ4v) is 2.42. The Balaban J connectivity index is 1.95. The van der Waals surface area contributed by atoms with E-state index in [-0.39, 0.29) is 6.04 Å². The van der Waals surface area contributed by atoms with Crippen molar-refractivity contribution in [2.45, 2.75) is 25.5 Å². The van der Waals surface area contributed by atoms with Gasteiger partial charge in [-0.25, -0.2) is 4.98 Å². The lowest BCUT2D eigenvalue weighted by atomic mass is 9.94. The zero-order valence-electron chi connectivity index (χ0n) is 10.9. The van der Waals surface area contributed by atoms with Gasteiger partial charge in [-0.2, -0.15) is 4.39 Å². The van der Waals surface area contributed by atoms with Gasteiger partial charge in [-0.15, -0.1) is 0 Å². The van der Waals surface area contributed by atoms with Crippen molar-refractivity contribution in [2.24, 2.45) is 0 Å². The van der Waals surface area contributed by atoms with E-state index in [1.54, 1.807) is 12.1 Å². The van der Waals surface area contributed by atoms with Gasteiger partial charge in [-0.1, -0.05) is 24.3 Å².